The first-order valence-electron chi connectivity index (χ1n) is 5.84. The fraction of sp³-hybridized carbons (Fsp3) is 0.750. The predicted octanol–water partition coefficient (Wildman–Crippen LogP) is 2.92. The lowest BCUT2D eigenvalue weighted by Crippen LogP contribution is -2.35. The molecule has 2 atom stereocenters. The molecular weight excluding hydrogens is 220 g/mol. The van der Waals surface area contributed by atoms with Crippen molar-refractivity contribution in [3.63, 3.8) is 0 Å². The first kappa shape index (κ1) is 13.6. The summed E-state index contributed by atoms with van der Waals surface area (Å²) >= 11 is 1.72. The molecule has 3 nitrogen and oxygen atoms in total. The van der Waals surface area contributed by atoms with Crippen LogP contribution in [-0.4, -0.2) is 24.7 Å². The van der Waals surface area contributed by atoms with E-state index < -0.39 is 0 Å². The number of aryl methyl sites for hydroxylation is 1. The number of hydrogen-bond donors (Lipinski definition) is 1. The monoisotopic (exact) mass is 242 g/mol. The highest BCUT2D eigenvalue weighted by Crippen LogP contribution is 2.21. The van der Waals surface area contributed by atoms with Gasteiger partial charge >= 0.3 is 0 Å². The van der Waals surface area contributed by atoms with Gasteiger partial charge in [0.1, 0.15) is 0 Å². The maximum Gasteiger partial charge on any atom is 0.0798 e. The first-order chi connectivity index (χ1) is 7.69. The van der Waals surface area contributed by atoms with Crippen LogP contribution < -0.4 is 5.32 Å². The van der Waals surface area contributed by atoms with Gasteiger partial charge in [0.05, 0.1) is 17.8 Å². The largest absolute Gasteiger partial charge is 0.383 e. The fourth-order valence-electron chi connectivity index (χ4n) is 1.92. The molecule has 1 N–H and O–H groups in total. The molecular formula is C12H22N2OS. The van der Waals surface area contributed by atoms with Gasteiger partial charge < -0.3 is 10.1 Å². The van der Waals surface area contributed by atoms with Gasteiger partial charge in [-0.05, 0) is 20.3 Å². The number of nitrogens with one attached hydrogen (secondary N) is 1. The summed E-state index contributed by atoms with van der Waals surface area (Å²) in [7, 11) is 1.76. The first-order valence-corrected chi connectivity index (χ1v) is 6.72. The number of methoxy groups -OCH3 is 1. The number of hydrogen-bond acceptors (Lipinski definition) is 4. The van der Waals surface area contributed by atoms with E-state index in [9.17, 15) is 0 Å². The van der Waals surface area contributed by atoms with E-state index in [0.717, 1.165) is 18.7 Å². The third kappa shape index (κ3) is 3.85. The summed E-state index contributed by atoms with van der Waals surface area (Å²) in [5.74, 6) is 0. The lowest BCUT2D eigenvalue weighted by Gasteiger charge is -2.22. The van der Waals surface area contributed by atoms with E-state index in [2.05, 4.69) is 31.1 Å². The highest BCUT2D eigenvalue weighted by molar-refractivity contribution is 7.09. The maximum absolute atomic E-state index is 5.23. The number of ether oxygens (including phenoxy) is 1. The van der Waals surface area contributed by atoms with Gasteiger partial charge in [0.2, 0.25) is 0 Å². The van der Waals surface area contributed by atoms with Gasteiger partial charge in [-0.15, -0.1) is 11.3 Å². The van der Waals surface area contributed by atoms with Crippen LogP contribution in [0.3, 0.4) is 0 Å². The van der Waals surface area contributed by atoms with Crippen LogP contribution in [-0.2, 0) is 4.74 Å². The molecule has 0 aromatic carbocycles. The van der Waals surface area contributed by atoms with Crippen molar-refractivity contribution in [2.24, 2.45) is 0 Å². The van der Waals surface area contributed by atoms with Crippen molar-refractivity contribution in [1.29, 1.82) is 0 Å². The Hall–Kier alpha value is -0.450. The van der Waals surface area contributed by atoms with Crippen molar-refractivity contribution in [2.75, 3.05) is 13.7 Å². The van der Waals surface area contributed by atoms with Gasteiger partial charge in [0.25, 0.3) is 0 Å². The van der Waals surface area contributed by atoms with Crippen LogP contribution >= 0.6 is 11.3 Å². The second-order valence-electron chi connectivity index (χ2n) is 4.13. The minimum Gasteiger partial charge on any atom is -0.383 e. The smallest absolute Gasteiger partial charge is 0.0798 e. The molecule has 2 unspecified atom stereocenters. The summed E-state index contributed by atoms with van der Waals surface area (Å²) in [6.07, 6.45) is 2.32. The zero-order valence-electron chi connectivity index (χ0n) is 10.6. The average molecular weight is 242 g/mol. The van der Waals surface area contributed by atoms with Crippen LogP contribution in [0.15, 0.2) is 5.51 Å². The van der Waals surface area contributed by atoms with E-state index in [0.29, 0.717) is 12.1 Å². The van der Waals surface area contributed by atoms with E-state index in [1.807, 2.05) is 5.51 Å². The van der Waals surface area contributed by atoms with Crippen LogP contribution in [0.5, 0.6) is 0 Å². The minimum absolute atomic E-state index is 0.360. The maximum atomic E-state index is 5.23. The van der Waals surface area contributed by atoms with Gasteiger partial charge in [0, 0.05) is 24.1 Å². The quantitative estimate of drug-likeness (QED) is 0.798. The molecule has 0 amide bonds. The van der Waals surface area contributed by atoms with Crippen molar-refractivity contribution in [3.05, 3.63) is 16.1 Å². The molecule has 16 heavy (non-hydrogen) atoms. The SMILES string of the molecule is CCCC(COC)NC(C)c1scnc1C. The highest BCUT2D eigenvalue weighted by Gasteiger charge is 2.15. The summed E-state index contributed by atoms with van der Waals surface area (Å²) in [6.45, 7) is 7.23. The molecule has 0 aliphatic heterocycles. The second-order valence-corrected chi connectivity index (χ2v) is 5.02. The molecule has 92 valence electrons. The van der Waals surface area contributed by atoms with Crippen molar-refractivity contribution in [3.8, 4) is 0 Å². The normalized spacial score (nSPS) is 15.0. The third-order valence-electron chi connectivity index (χ3n) is 2.67. The molecule has 0 aliphatic rings. The molecule has 4 heteroatoms. The number of nitrogens with zero attached hydrogens (tertiary/aromatic N) is 1. The third-order valence-corrected chi connectivity index (χ3v) is 3.78. The molecule has 0 saturated carbocycles. The standard InChI is InChI=1S/C12H22N2OS/c1-5-6-11(7-15-4)14-10(3)12-9(2)13-8-16-12/h8,10-11,14H,5-7H2,1-4H3. The van der Waals surface area contributed by atoms with E-state index >= 15 is 0 Å². The van der Waals surface area contributed by atoms with Crippen molar-refractivity contribution in [2.45, 2.75) is 45.7 Å². The minimum atomic E-state index is 0.360. The zero-order chi connectivity index (χ0) is 12.0. The lowest BCUT2D eigenvalue weighted by molar-refractivity contribution is 0.157. The molecule has 0 radical (unpaired) electrons. The Kier molecular flexibility index (Phi) is 5.95. The Bertz CT molecular complexity index is 295. The Morgan fingerprint density at radius 3 is 2.81 bits per heavy atom. The predicted molar refractivity (Wildman–Crippen MR) is 69.0 cm³/mol. The molecule has 1 aromatic heterocycles. The number of aromatic nitrogens is 1. The Morgan fingerprint density at radius 2 is 2.31 bits per heavy atom. The van der Waals surface area contributed by atoms with Crippen molar-refractivity contribution >= 4 is 11.3 Å². The van der Waals surface area contributed by atoms with Gasteiger partial charge in [-0.2, -0.15) is 0 Å². The van der Waals surface area contributed by atoms with E-state index in [1.165, 1.54) is 11.3 Å². The molecule has 0 saturated heterocycles. The summed E-state index contributed by atoms with van der Waals surface area (Å²) in [6, 6.07) is 0.797. The topological polar surface area (TPSA) is 34.1 Å². The highest BCUT2D eigenvalue weighted by atomic mass is 32.1. The van der Waals surface area contributed by atoms with Crippen LogP contribution in [0, 0.1) is 6.92 Å². The van der Waals surface area contributed by atoms with E-state index in [4.69, 9.17) is 4.74 Å². The van der Waals surface area contributed by atoms with Gasteiger partial charge in [-0.1, -0.05) is 13.3 Å². The Labute approximate surface area is 102 Å². The van der Waals surface area contributed by atoms with E-state index in [-0.39, 0.29) is 0 Å². The fourth-order valence-corrected chi connectivity index (χ4v) is 2.74. The summed E-state index contributed by atoms with van der Waals surface area (Å²) in [5.41, 5.74) is 3.05. The summed E-state index contributed by atoms with van der Waals surface area (Å²) in [5, 5.41) is 3.61. The molecule has 0 aliphatic carbocycles. The van der Waals surface area contributed by atoms with Crippen LogP contribution in [0.4, 0.5) is 0 Å². The van der Waals surface area contributed by atoms with Crippen molar-refractivity contribution < 1.29 is 4.74 Å². The molecule has 1 heterocycles. The van der Waals surface area contributed by atoms with Gasteiger partial charge in [-0.3, -0.25) is 0 Å². The van der Waals surface area contributed by atoms with Crippen LogP contribution in [0.1, 0.15) is 43.3 Å². The summed E-state index contributed by atoms with van der Waals surface area (Å²) in [4.78, 5) is 5.61. The summed E-state index contributed by atoms with van der Waals surface area (Å²) < 4.78 is 5.23. The van der Waals surface area contributed by atoms with Crippen molar-refractivity contribution in [1.82, 2.24) is 10.3 Å². The molecule has 1 aromatic rings. The molecule has 1 rings (SSSR count). The molecule has 0 spiro atoms. The average Bonchev–Trinajstić information content (AvgIpc) is 2.65. The zero-order valence-corrected chi connectivity index (χ0v) is 11.4. The Morgan fingerprint density at radius 1 is 1.56 bits per heavy atom. The van der Waals surface area contributed by atoms with E-state index in [1.54, 1.807) is 18.4 Å². The number of rotatable bonds is 7. The number of thiazole rings is 1. The molecule has 0 fully saturated rings. The van der Waals surface area contributed by atoms with Crippen LogP contribution in [0.2, 0.25) is 0 Å². The lowest BCUT2D eigenvalue weighted by atomic mass is 10.1. The Balaban J connectivity index is 2.54. The van der Waals surface area contributed by atoms with Crippen LogP contribution in [0.25, 0.3) is 0 Å². The van der Waals surface area contributed by atoms with Gasteiger partial charge in [-0.25, -0.2) is 4.98 Å². The van der Waals surface area contributed by atoms with Gasteiger partial charge in [0.15, 0.2) is 0 Å². The second kappa shape index (κ2) is 6.99. The molecule has 0 bridgehead atoms.